The number of carboxylic acid groups (broad SMARTS) is 1. The standard InChI is InChI=1S/C13H15NO9/c15-4-8-9(16)10(17)11(18)12(23-8)7-3-5(14(21)22)1-2-6(7)13(19)20/h1-3,8-12,15-18H,4H2,(H,19,20). The number of aliphatic hydroxyl groups is 4. The van der Waals surface area contributed by atoms with Crippen molar-refractivity contribution in [3.05, 3.63) is 39.4 Å². The molecule has 1 saturated heterocycles. The van der Waals surface area contributed by atoms with Crippen molar-refractivity contribution in [1.82, 2.24) is 0 Å². The topological polar surface area (TPSA) is 171 Å². The molecule has 1 heterocycles. The number of rotatable bonds is 4. The van der Waals surface area contributed by atoms with Gasteiger partial charge in [0.05, 0.1) is 17.1 Å². The first-order valence-corrected chi connectivity index (χ1v) is 6.60. The second-order valence-corrected chi connectivity index (χ2v) is 5.08. The van der Waals surface area contributed by atoms with Gasteiger partial charge in [-0.15, -0.1) is 0 Å². The molecule has 1 fully saturated rings. The molecule has 5 unspecified atom stereocenters. The zero-order valence-corrected chi connectivity index (χ0v) is 11.6. The van der Waals surface area contributed by atoms with Crippen LogP contribution < -0.4 is 0 Å². The molecule has 2 rings (SSSR count). The molecule has 10 heteroatoms. The van der Waals surface area contributed by atoms with Crippen LogP contribution in [0.1, 0.15) is 22.0 Å². The van der Waals surface area contributed by atoms with Crippen LogP contribution in [-0.4, -0.2) is 67.4 Å². The van der Waals surface area contributed by atoms with E-state index in [1.807, 2.05) is 0 Å². The van der Waals surface area contributed by atoms with E-state index >= 15 is 0 Å². The van der Waals surface area contributed by atoms with Gasteiger partial charge in [0.1, 0.15) is 30.5 Å². The van der Waals surface area contributed by atoms with E-state index in [0.29, 0.717) is 0 Å². The number of nitro benzene ring substituents is 1. The number of hydrogen-bond donors (Lipinski definition) is 5. The van der Waals surface area contributed by atoms with Gasteiger partial charge in [0.25, 0.3) is 5.69 Å². The Labute approximate surface area is 129 Å². The molecule has 0 amide bonds. The third-order valence-corrected chi connectivity index (χ3v) is 3.68. The highest BCUT2D eigenvalue weighted by atomic mass is 16.6. The van der Waals surface area contributed by atoms with Crippen molar-refractivity contribution < 1.29 is 40.0 Å². The minimum Gasteiger partial charge on any atom is -0.478 e. The average molecular weight is 329 g/mol. The Morgan fingerprint density at radius 2 is 1.87 bits per heavy atom. The Bertz CT molecular complexity index is 617. The zero-order valence-electron chi connectivity index (χ0n) is 11.6. The average Bonchev–Trinajstić information content (AvgIpc) is 2.52. The molecule has 1 aliphatic heterocycles. The van der Waals surface area contributed by atoms with Gasteiger partial charge in [-0.3, -0.25) is 10.1 Å². The van der Waals surface area contributed by atoms with Gasteiger partial charge in [0.15, 0.2) is 0 Å². The van der Waals surface area contributed by atoms with Gasteiger partial charge < -0.3 is 30.3 Å². The molecule has 1 aliphatic rings. The minimum atomic E-state index is -1.73. The summed E-state index contributed by atoms with van der Waals surface area (Å²) in [5.74, 6) is -1.41. The second-order valence-electron chi connectivity index (χ2n) is 5.08. The number of nitrogens with zero attached hydrogens (tertiary/aromatic N) is 1. The van der Waals surface area contributed by atoms with Crippen LogP contribution in [0.3, 0.4) is 0 Å². The molecule has 126 valence electrons. The Morgan fingerprint density at radius 1 is 1.22 bits per heavy atom. The predicted molar refractivity (Wildman–Crippen MR) is 72.8 cm³/mol. The van der Waals surface area contributed by atoms with E-state index in [2.05, 4.69) is 0 Å². The molecular weight excluding hydrogens is 314 g/mol. The van der Waals surface area contributed by atoms with Crippen molar-refractivity contribution in [2.45, 2.75) is 30.5 Å². The normalized spacial score (nSPS) is 30.9. The van der Waals surface area contributed by atoms with Gasteiger partial charge in [-0.1, -0.05) is 0 Å². The van der Waals surface area contributed by atoms with E-state index in [-0.39, 0.29) is 11.1 Å². The van der Waals surface area contributed by atoms with Crippen LogP contribution in [0.5, 0.6) is 0 Å². The number of aliphatic hydroxyl groups excluding tert-OH is 4. The third kappa shape index (κ3) is 3.16. The number of aromatic carboxylic acids is 1. The van der Waals surface area contributed by atoms with Gasteiger partial charge in [0, 0.05) is 17.7 Å². The Balaban J connectivity index is 2.51. The lowest BCUT2D eigenvalue weighted by Gasteiger charge is -2.40. The van der Waals surface area contributed by atoms with Crippen LogP contribution in [0.2, 0.25) is 0 Å². The predicted octanol–water partition coefficient (Wildman–Crippen LogP) is -1.19. The van der Waals surface area contributed by atoms with E-state index in [4.69, 9.17) is 9.84 Å². The summed E-state index contributed by atoms with van der Waals surface area (Å²) >= 11 is 0. The van der Waals surface area contributed by atoms with Crippen LogP contribution in [-0.2, 0) is 4.74 Å². The first-order valence-electron chi connectivity index (χ1n) is 6.60. The fourth-order valence-corrected chi connectivity index (χ4v) is 2.45. The van der Waals surface area contributed by atoms with E-state index in [1.165, 1.54) is 0 Å². The van der Waals surface area contributed by atoms with Crippen molar-refractivity contribution in [3.8, 4) is 0 Å². The minimum absolute atomic E-state index is 0.233. The lowest BCUT2D eigenvalue weighted by atomic mass is 9.89. The first kappa shape index (κ1) is 17.2. The van der Waals surface area contributed by atoms with Crippen LogP contribution in [0.25, 0.3) is 0 Å². The van der Waals surface area contributed by atoms with Crippen LogP contribution in [0.15, 0.2) is 18.2 Å². The first-order chi connectivity index (χ1) is 10.8. The number of carbonyl (C=O) groups is 1. The number of ether oxygens (including phenoxy) is 1. The SMILES string of the molecule is O=C(O)c1ccc([N+](=O)[O-])cc1C1OC(CO)C(O)C(O)C1O. The quantitative estimate of drug-likeness (QED) is 0.336. The second kappa shape index (κ2) is 6.56. The summed E-state index contributed by atoms with van der Waals surface area (Å²) in [7, 11) is 0. The Kier molecular flexibility index (Phi) is 4.92. The monoisotopic (exact) mass is 329 g/mol. The van der Waals surface area contributed by atoms with E-state index in [0.717, 1.165) is 18.2 Å². The van der Waals surface area contributed by atoms with Crippen molar-refractivity contribution in [3.63, 3.8) is 0 Å². The summed E-state index contributed by atoms with van der Waals surface area (Å²) in [5, 5.41) is 58.7. The maximum Gasteiger partial charge on any atom is 0.336 e. The summed E-state index contributed by atoms with van der Waals surface area (Å²) in [6.45, 7) is -0.696. The maximum absolute atomic E-state index is 11.3. The summed E-state index contributed by atoms with van der Waals surface area (Å²) < 4.78 is 5.25. The molecule has 0 aromatic heterocycles. The molecule has 0 spiro atoms. The number of non-ortho nitro benzene ring substituents is 1. The summed E-state index contributed by atoms with van der Waals surface area (Å²) in [5.41, 5.74) is -1.02. The van der Waals surface area contributed by atoms with Crippen molar-refractivity contribution in [1.29, 1.82) is 0 Å². The van der Waals surface area contributed by atoms with Gasteiger partial charge in [-0.05, 0) is 6.07 Å². The summed E-state index contributed by atoms with van der Waals surface area (Å²) in [6, 6.07) is 2.88. The highest BCUT2D eigenvalue weighted by Crippen LogP contribution is 2.35. The molecule has 1 aromatic carbocycles. The molecule has 0 radical (unpaired) electrons. The summed E-state index contributed by atoms with van der Waals surface area (Å²) in [6.07, 6.45) is -7.77. The van der Waals surface area contributed by atoms with Gasteiger partial charge in [0.2, 0.25) is 0 Å². The van der Waals surface area contributed by atoms with Gasteiger partial charge >= 0.3 is 5.97 Å². The number of hydrogen-bond acceptors (Lipinski definition) is 8. The molecular formula is C13H15NO9. The zero-order chi connectivity index (χ0) is 17.3. The maximum atomic E-state index is 11.3. The Hall–Kier alpha value is -2.11. The van der Waals surface area contributed by atoms with Crippen molar-refractivity contribution in [2.75, 3.05) is 6.61 Å². The highest BCUT2D eigenvalue weighted by Gasteiger charge is 2.45. The molecule has 0 aliphatic carbocycles. The molecule has 0 saturated carbocycles. The van der Waals surface area contributed by atoms with E-state index < -0.39 is 53.7 Å². The molecule has 23 heavy (non-hydrogen) atoms. The number of nitro groups is 1. The fourth-order valence-electron chi connectivity index (χ4n) is 2.45. The fraction of sp³-hybridized carbons (Fsp3) is 0.462. The molecule has 5 atom stereocenters. The lowest BCUT2D eigenvalue weighted by Crippen LogP contribution is -2.55. The van der Waals surface area contributed by atoms with E-state index in [1.54, 1.807) is 0 Å². The lowest BCUT2D eigenvalue weighted by molar-refractivity contribution is -0.385. The Morgan fingerprint density at radius 3 is 2.39 bits per heavy atom. The number of benzene rings is 1. The van der Waals surface area contributed by atoms with Crippen molar-refractivity contribution in [2.24, 2.45) is 0 Å². The van der Waals surface area contributed by atoms with Crippen LogP contribution >= 0.6 is 0 Å². The molecule has 1 aromatic rings. The molecule has 10 nitrogen and oxygen atoms in total. The molecule has 0 bridgehead atoms. The largest absolute Gasteiger partial charge is 0.478 e. The van der Waals surface area contributed by atoms with Crippen LogP contribution in [0.4, 0.5) is 5.69 Å². The van der Waals surface area contributed by atoms with Crippen LogP contribution in [0, 0.1) is 10.1 Å². The van der Waals surface area contributed by atoms with Gasteiger partial charge in [-0.2, -0.15) is 0 Å². The van der Waals surface area contributed by atoms with E-state index in [9.17, 15) is 35.3 Å². The highest BCUT2D eigenvalue weighted by molar-refractivity contribution is 5.90. The smallest absolute Gasteiger partial charge is 0.336 e. The third-order valence-electron chi connectivity index (χ3n) is 3.68. The van der Waals surface area contributed by atoms with Gasteiger partial charge in [-0.25, -0.2) is 4.79 Å². The van der Waals surface area contributed by atoms with Crippen molar-refractivity contribution >= 4 is 11.7 Å². The number of carboxylic acids is 1. The summed E-state index contributed by atoms with van der Waals surface area (Å²) in [4.78, 5) is 21.4. The molecule has 5 N–H and O–H groups in total.